The lowest BCUT2D eigenvalue weighted by Gasteiger charge is -2.33. The summed E-state index contributed by atoms with van der Waals surface area (Å²) >= 11 is 0. The van der Waals surface area contributed by atoms with Gasteiger partial charge >= 0.3 is 0 Å². The smallest absolute Gasteiger partial charge is 0.231 e. The lowest BCUT2D eigenvalue weighted by Crippen LogP contribution is -2.45. The summed E-state index contributed by atoms with van der Waals surface area (Å²) < 4.78 is 10.8. The van der Waals surface area contributed by atoms with Crippen LogP contribution in [-0.4, -0.2) is 56.9 Å². The van der Waals surface area contributed by atoms with E-state index < -0.39 is 0 Å². The Morgan fingerprint density at radius 1 is 1.20 bits per heavy atom. The van der Waals surface area contributed by atoms with Gasteiger partial charge in [-0.1, -0.05) is 12.5 Å². The van der Waals surface area contributed by atoms with E-state index in [0.717, 1.165) is 43.5 Å². The Hall–Kier alpha value is -1.95. The molecule has 1 unspecified atom stereocenters. The molecule has 6 heteroatoms. The largest absolute Gasteiger partial charge is 0.454 e. The van der Waals surface area contributed by atoms with Crippen molar-refractivity contribution in [2.24, 2.45) is 4.99 Å². The standard InChI is InChI=1S/C19H30N4O2/c1-15-5-3-4-11-23(15)12-10-22-19(20-2)21-9-8-16-6-7-17-18(13-16)25-14-24-17/h6-7,13,15H,3-5,8-12,14H2,1-2H3,(H2,20,21,22). The van der Waals surface area contributed by atoms with Gasteiger partial charge in [-0.15, -0.1) is 0 Å². The number of nitrogens with one attached hydrogen (secondary N) is 2. The summed E-state index contributed by atoms with van der Waals surface area (Å²) in [4.78, 5) is 6.88. The average molecular weight is 346 g/mol. The zero-order valence-electron chi connectivity index (χ0n) is 15.4. The normalized spacial score (nSPS) is 20.6. The second kappa shape index (κ2) is 8.94. The third-order valence-electron chi connectivity index (χ3n) is 5.00. The Bertz CT molecular complexity index is 591. The van der Waals surface area contributed by atoms with Gasteiger partial charge < -0.3 is 20.1 Å². The van der Waals surface area contributed by atoms with Crippen molar-refractivity contribution in [3.8, 4) is 11.5 Å². The Morgan fingerprint density at radius 2 is 2.04 bits per heavy atom. The molecule has 0 spiro atoms. The quantitative estimate of drug-likeness (QED) is 0.609. The second-order valence-corrected chi connectivity index (χ2v) is 6.74. The van der Waals surface area contributed by atoms with Gasteiger partial charge in [0.1, 0.15) is 0 Å². The molecule has 2 aliphatic rings. The maximum absolute atomic E-state index is 5.42. The first-order valence-electron chi connectivity index (χ1n) is 9.33. The van der Waals surface area contributed by atoms with Crippen LogP contribution in [0.25, 0.3) is 0 Å². The summed E-state index contributed by atoms with van der Waals surface area (Å²) in [6.07, 6.45) is 4.93. The van der Waals surface area contributed by atoms with Crippen LogP contribution in [0.4, 0.5) is 0 Å². The molecule has 0 bridgehead atoms. The second-order valence-electron chi connectivity index (χ2n) is 6.74. The Kier molecular flexibility index (Phi) is 6.39. The van der Waals surface area contributed by atoms with Crippen molar-refractivity contribution >= 4 is 5.96 Å². The number of aliphatic imine (C=N–C) groups is 1. The Morgan fingerprint density at radius 3 is 2.88 bits per heavy atom. The molecule has 2 heterocycles. The number of nitrogens with zero attached hydrogens (tertiary/aromatic N) is 2. The lowest BCUT2D eigenvalue weighted by molar-refractivity contribution is 0.163. The molecular formula is C19H30N4O2. The van der Waals surface area contributed by atoms with E-state index in [1.807, 2.05) is 13.1 Å². The van der Waals surface area contributed by atoms with Crippen LogP contribution >= 0.6 is 0 Å². The molecular weight excluding hydrogens is 316 g/mol. The zero-order chi connectivity index (χ0) is 17.5. The van der Waals surface area contributed by atoms with Crippen LogP contribution in [0.5, 0.6) is 11.5 Å². The van der Waals surface area contributed by atoms with Crippen LogP contribution in [0.15, 0.2) is 23.2 Å². The summed E-state index contributed by atoms with van der Waals surface area (Å²) in [6.45, 7) is 6.71. The van der Waals surface area contributed by atoms with E-state index in [1.165, 1.54) is 31.4 Å². The summed E-state index contributed by atoms with van der Waals surface area (Å²) in [5.74, 6) is 2.54. The van der Waals surface area contributed by atoms with Gasteiger partial charge in [-0.3, -0.25) is 9.89 Å². The number of likely N-dealkylation sites (tertiary alicyclic amines) is 1. The van der Waals surface area contributed by atoms with Crippen molar-refractivity contribution in [2.75, 3.05) is 40.0 Å². The monoisotopic (exact) mass is 346 g/mol. The fourth-order valence-corrected chi connectivity index (χ4v) is 3.45. The first kappa shape index (κ1) is 17.9. The van der Waals surface area contributed by atoms with Crippen LogP contribution in [0, 0.1) is 0 Å². The van der Waals surface area contributed by atoms with Gasteiger partial charge in [0.25, 0.3) is 0 Å². The number of ether oxygens (including phenoxy) is 2. The topological polar surface area (TPSA) is 58.1 Å². The third kappa shape index (κ3) is 5.01. The number of guanidine groups is 1. The molecule has 1 atom stereocenters. The highest BCUT2D eigenvalue weighted by molar-refractivity contribution is 5.79. The van der Waals surface area contributed by atoms with Crippen molar-refractivity contribution in [2.45, 2.75) is 38.6 Å². The molecule has 0 aromatic heterocycles. The number of benzene rings is 1. The highest BCUT2D eigenvalue weighted by Crippen LogP contribution is 2.32. The molecule has 6 nitrogen and oxygen atoms in total. The fraction of sp³-hybridized carbons (Fsp3) is 0.632. The number of hydrogen-bond donors (Lipinski definition) is 2. The van der Waals surface area contributed by atoms with Gasteiger partial charge in [-0.25, -0.2) is 0 Å². The molecule has 1 aromatic carbocycles. The molecule has 1 saturated heterocycles. The molecule has 2 N–H and O–H groups in total. The third-order valence-corrected chi connectivity index (χ3v) is 5.00. The number of piperidine rings is 1. The van der Waals surface area contributed by atoms with Gasteiger partial charge in [0.05, 0.1) is 0 Å². The lowest BCUT2D eigenvalue weighted by atomic mass is 10.0. The van der Waals surface area contributed by atoms with E-state index >= 15 is 0 Å². The Balaban J connectivity index is 1.36. The minimum Gasteiger partial charge on any atom is -0.454 e. The van der Waals surface area contributed by atoms with E-state index in [4.69, 9.17) is 9.47 Å². The van der Waals surface area contributed by atoms with E-state index in [0.29, 0.717) is 12.8 Å². The van der Waals surface area contributed by atoms with Gasteiger partial charge in [-0.2, -0.15) is 0 Å². The highest BCUT2D eigenvalue weighted by atomic mass is 16.7. The van der Waals surface area contributed by atoms with Crippen LogP contribution in [0.1, 0.15) is 31.7 Å². The maximum Gasteiger partial charge on any atom is 0.231 e. The van der Waals surface area contributed by atoms with Gasteiger partial charge in [0.2, 0.25) is 6.79 Å². The highest BCUT2D eigenvalue weighted by Gasteiger charge is 2.17. The summed E-state index contributed by atoms with van der Waals surface area (Å²) in [5, 5.41) is 6.80. The van der Waals surface area contributed by atoms with Crippen LogP contribution < -0.4 is 20.1 Å². The molecule has 138 valence electrons. The molecule has 1 aromatic rings. The number of fused-ring (bicyclic) bond motifs is 1. The molecule has 2 aliphatic heterocycles. The zero-order valence-corrected chi connectivity index (χ0v) is 15.4. The van der Waals surface area contributed by atoms with Crippen molar-refractivity contribution in [3.63, 3.8) is 0 Å². The van der Waals surface area contributed by atoms with Crippen LogP contribution in [0.3, 0.4) is 0 Å². The molecule has 0 amide bonds. The van der Waals surface area contributed by atoms with Gasteiger partial charge in [0.15, 0.2) is 17.5 Å². The number of rotatable bonds is 6. The summed E-state index contributed by atoms with van der Waals surface area (Å²) in [7, 11) is 1.82. The first-order valence-corrected chi connectivity index (χ1v) is 9.33. The first-order chi connectivity index (χ1) is 12.3. The van der Waals surface area contributed by atoms with Gasteiger partial charge in [0, 0.05) is 32.7 Å². The molecule has 0 radical (unpaired) electrons. The number of hydrogen-bond acceptors (Lipinski definition) is 4. The van der Waals surface area contributed by atoms with Crippen molar-refractivity contribution < 1.29 is 9.47 Å². The molecule has 3 rings (SSSR count). The summed E-state index contributed by atoms with van der Waals surface area (Å²) in [5.41, 5.74) is 1.23. The Labute approximate surface area is 150 Å². The van der Waals surface area contributed by atoms with E-state index in [-0.39, 0.29) is 0 Å². The average Bonchev–Trinajstić information content (AvgIpc) is 3.09. The molecule has 0 saturated carbocycles. The van der Waals surface area contributed by atoms with Gasteiger partial charge in [-0.05, 0) is 50.4 Å². The fourth-order valence-electron chi connectivity index (χ4n) is 3.45. The van der Waals surface area contributed by atoms with Crippen LogP contribution in [0.2, 0.25) is 0 Å². The summed E-state index contributed by atoms with van der Waals surface area (Å²) in [6, 6.07) is 6.82. The van der Waals surface area contributed by atoms with Crippen LogP contribution in [-0.2, 0) is 6.42 Å². The molecule has 0 aliphatic carbocycles. The SMILES string of the molecule is CN=C(NCCc1ccc2c(c1)OCO2)NCCN1CCCCC1C. The van der Waals surface area contributed by atoms with Crippen molar-refractivity contribution in [3.05, 3.63) is 23.8 Å². The maximum atomic E-state index is 5.42. The molecule has 1 fully saturated rings. The van der Waals surface area contributed by atoms with Crippen molar-refractivity contribution in [1.29, 1.82) is 0 Å². The molecule has 25 heavy (non-hydrogen) atoms. The minimum atomic E-state index is 0.323. The van der Waals surface area contributed by atoms with E-state index in [9.17, 15) is 0 Å². The predicted octanol–water partition coefficient (Wildman–Crippen LogP) is 2.00. The van der Waals surface area contributed by atoms with E-state index in [2.05, 4.69) is 39.6 Å². The van der Waals surface area contributed by atoms with E-state index in [1.54, 1.807) is 0 Å². The predicted molar refractivity (Wildman–Crippen MR) is 101 cm³/mol. The van der Waals surface area contributed by atoms with Crippen molar-refractivity contribution in [1.82, 2.24) is 15.5 Å². The minimum absolute atomic E-state index is 0.323.